The van der Waals surface area contributed by atoms with Gasteiger partial charge in [0, 0.05) is 32.7 Å². The summed E-state index contributed by atoms with van der Waals surface area (Å²) in [6.07, 6.45) is 1.51. The zero-order chi connectivity index (χ0) is 14.6. The van der Waals surface area contributed by atoms with Crippen LogP contribution in [0.5, 0.6) is 0 Å². The average molecular weight is 302 g/mol. The molecule has 2 rings (SSSR count). The molecule has 0 spiro atoms. The summed E-state index contributed by atoms with van der Waals surface area (Å²) in [5.74, 6) is 0.758. The number of rotatable bonds is 6. The molecule has 1 unspecified atom stereocenters. The predicted octanol–water partition coefficient (Wildman–Crippen LogP) is 0.670. The molecule has 0 aliphatic carbocycles. The Balaban J connectivity index is 1.83. The largest absolute Gasteiger partial charge is 0.467 e. The first-order valence-corrected chi connectivity index (χ1v) is 8.55. The second-order valence-electron chi connectivity index (χ2n) is 5.05. The van der Waals surface area contributed by atoms with Crippen LogP contribution in [0, 0.1) is 0 Å². The van der Waals surface area contributed by atoms with E-state index in [1.807, 2.05) is 6.92 Å². The lowest BCUT2D eigenvalue weighted by molar-refractivity contribution is 0.0777. The lowest BCUT2D eigenvalue weighted by atomic mass is 10.2. The third kappa shape index (κ3) is 3.82. The monoisotopic (exact) mass is 302 g/mol. The molecule has 6 nitrogen and oxygen atoms in total. The van der Waals surface area contributed by atoms with Crippen molar-refractivity contribution in [3.8, 4) is 0 Å². The zero-order valence-corrected chi connectivity index (χ0v) is 12.6. The van der Waals surface area contributed by atoms with Crippen LogP contribution < -0.4 is 0 Å². The zero-order valence-electron chi connectivity index (χ0n) is 11.7. The number of furan rings is 1. The summed E-state index contributed by atoms with van der Waals surface area (Å²) >= 11 is 0. The van der Waals surface area contributed by atoms with Gasteiger partial charge in [0.2, 0.25) is 10.0 Å². The molecule has 1 saturated heterocycles. The van der Waals surface area contributed by atoms with Crippen molar-refractivity contribution in [2.24, 2.45) is 0 Å². The fraction of sp³-hybridized carbons (Fsp3) is 0.692. The number of hydrogen-bond donors (Lipinski definition) is 1. The molecule has 0 bridgehead atoms. The number of aliphatic hydroxyl groups is 1. The van der Waals surface area contributed by atoms with Crippen molar-refractivity contribution in [3.05, 3.63) is 24.2 Å². The van der Waals surface area contributed by atoms with Crippen molar-refractivity contribution in [1.82, 2.24) is 9.21 Å². The minimum absolute atomic E-state index is 0.210. The van der Waals surface area contributed by atoms with Crippen LogP contribution >= 0.6 is 0 Å². The molecule has 1 aliphatic rings. The minimum atomic E-state index is -3.10. The summed E-state index contributed by atoms with van der Waals surface area (Å²) in [6, 6.07) is 3.49. The van der Waals surface area contributed by atoms with Gasteiger partial charge in [-0.25, -0.2) is 8.42 Å². The molecule has 7 heteroatoms. The average Bonchev–Trinajstić information content (AvgIpc) is 2.93. The summed E-state index contributed by atoms with van der Waals surface area (Å²) in [7, 11) is -3.10. The van der Waals surface area contributed by atoms with Crippen LogP contribution in [0.2, 0.25) is 0 Å². The Morgan fingerprint density at radius 2 is 2.05 bits per heavy atom. The predicted molar refractivity (Wildman–Crippen MR) is 75.8 cm³/mol. The van der Waals surface area contributed by atoms with Crippen molar-refractivity contribution in [3.63, 3.8) is 0 Å². The molecule has 2 heterocycles. The topological polar surface area (TPSA) is 74.0 Å². The number of nitrogens with zero attached hydrogens (tertiary/aromatic N) is 2. The molecule has 20 heavy (non-hydrogen) atoms. The summed E-state index contributed by atoms with van der Waals surface area (Å²) in [5.41, 5.74) is 0. The quantitative estimate of drug-likeness (QED) is 0.836. The SMILES string of the molecule is CCCS(=O)(=O)N1CCN(CC(O)c2ccco2)CC1. The van der Waals surface area contributed by atoms with E-state index in [1.54, 1.807) is 16.4 Å². The van der Waals surface area contributed by atoms with Crippen molar-refractivity contribution in [2.45, 2.75) is 19.4 Å². The van der Waals surface area contributed by atoms with Gasteiger partial charge in [-0.1, -0.05) is 6.92 Å². The highest BCUT2D eigenvalue weighted by Crippen LogP contribution is 2.16. The molecule has 0 radical (unpaired) electrons. The highest BCUT2D eigenvalue weighted by Gasteiger charge is 2.27. The van der Waals surface area contributed by atoms with Crippen molar-refractivity contribution < 1.29 is 17.9 Å². The first-order chi connectivity index (χ1) is 9.53. The maximum Gasteiger partial charge on any atom is 0.214 e. The summed E-state index contributed by atoms with van der Waals surface area (Å²) < 4.78 is 30.6. The molecule has 1 aromatic heterocycles. The van der Waals surface area contributed by atoms with Gasteiger partial charge in [0.25, 0.3) is 0 Å². The Morgan fingerprint density at radius 3 is 2.60 bits per heavy atom. The Kier molecular flexibility index (Phi) is 5.20. The number of piperazine rings is 1. The van der Waals surface area contributed by atoms with Gasteiger partial charge < -0.3 is 9.52 Å². The molecule has 0 aromatic carbocycles. The Hall–Kier alpha value is -0.890. The van der Waals surface area contributed by atoms with Crippen LogP contribution in [0.1, 0.15) is 25.2 Å². The van der Waals surface area contributed by atoms with Gasteiger partial charge in [0.15, 0.2) is 0 Å². The van der Waals surface area contributed by atoms with E-state index in [0.29, 0.717) is 44.9 Å². The number of sulfonamides is 1. The standard InChI is InChI=1S/C13H22N2O4S/c1-2-10-20(17,18)15-7-5-14(6-8-15)11-12(16)13-4-3-9-19-13/h3-4,9,12,16H,2,5-8,10-11H2,1H3. The maximum atomic E-state index is 11.9. The molecule has 1 fully saturated rings. The van der Waals surface area contributed by atoms with Crippen LogP contribution in [0.25, 0.3) is 0 Å². The Labute approximate surface area is 120 Å². The second-order valence-corrected chi connectivity index (χ2v) is 7.14. The smallest absolute Gasteiger partial charge is 0.214 e. The van der Waals surface area contributed by atoms with Crippen LogP contribution in [-0.4, -0.2) is 61.2 Å². The molecule has 0 amide bonds. The molecule has 1 N–H and O–H groups in total. The molecule has 114 valence electrons. The van der Waals surface area contributed by atoms with E-state index in [4.69, 9.17) is 4.42 Å². The third-order valence-electron chi connectivity index (χ3n) is 3.49. The molecule has 0 saturated carbocycles. The number of β-amino-alcohol motifs (C(OH)–C–C–N with tert-alkyl or cyclic N) is 1. The highest BCUT2D eigenvalue weighted by molar-refractivity contribution is 7.89. The maximum absolute atomic E-state index is 11.9. The Morgan fingerprint density at radius 1 is 1.35 bits per heavy atom. The minimum Gasteiger partial charge on any atom is -0.467 e. The Bertz CT molecular complexity index is 492. The van der Waals surface area contributed by atoms with Gasteiger partial charge in [-0.05, 0) is 18.6 Å². The van der Waals surface area contributed by atoms with Gasteiger partial charge in [0.1, 0.15) is 11.9 Å². The van der Waals surface area contributed by atoms with E-state index in [-0.39, 0.29) is 5.75 Å². The van der Waals surface area contributed by atoms with Crippen molar-refractivity contribution in [2.75, 3.05) is 38.5 Å². The highest BCUT2D eigenvalue weighted by atomic mass is 32.2. The lowest BCUT2D eigenvalue weighted by Crippen LogP contribution is -2.50. The molecular formula is C13H22N2O4S. The van der Waals surface area contributed by atoms with Crippen LogP contribution in [-0.2, 0) is 10.0 Å². The van der Waals surface area contributed by atoms with Gasteiger partial charge >= 0.3 is 0 Å². The van der Waals surface area contributed by atoms with Crippen LogP contribution in [0.15, 0.2) is 22.8 Å². The van der Waals surface area contributed by atoms with Crippen molar-refractivity contribution >= 4 is 10.0 Å². The van der Waals surface area contributed by atoms with E-state index >= 15 is 0 Å². The summed E-state index contributed by atoms with van der Waals surface area (Å²) in [4.78, 5) is 2.06. The third-order valence-corrected chi connectivity index (χ3v) is 5.57. The van der Waals surface area contributed by atoms with E-state index in [2.05, 4.69) is 4.90 Å². The first kappa shape index (κ1) is 15.5. The molecular weight excluding hydrogens is 280 g/mol. The van der Waals surface area contributed by atoms with Crippen LogP contribution in [0.4, 0.5) is 0 Å². The first-order valence-electron chi connectivity index (χ1n) is 6.94. The van der Waals surface area contributed by atoms with E-state index in [0.717, 1.165) is 0 Å². The second kappa shape index (κ2) is 6.71. The van der Waals surface area contributed by atoms with Gasteiger partial charge in [-0.2, -0.15) is 4.31 Å². The fourth-order valence-corrected chi connectivity index (χ4v) is 3.89. The molecule has 1 aliphatic heterocycles. The van der Waals surface area contributed by atoms with Crippen molar-refractivity contribution in [1.29, 1.82) is 0 Å². The summed E-state index contributed by atoms with van der Waals surface area (Å²) in [5, 5.41) is 10.0. The van der Waals surface area contributed by atoms with Gasteiger partial charge in [-0.15, -0.1) is 0 Å². The number of aliphatic hydroxyl groups excluding tert-OH is 1. The van der Waals surface area contributed by atoms with Crippen LogP contribution in [0.3, 0.4) is 0 Å². The number of hydrogen-bond acceptors (Lipinski definition) is 5. The fourth-order valence-electron chi connectivity index (χ4n) is 2.39. The van der Waals surface area contributed by atoms with Gasteiger partial charge in [-0.3, -0.25) is 4.90 Å². The van der Waals surface area contributed by atoms with Gasteiger partial charge in [0.05, 0.1) is 12.0 Å². The molecule has 1 aromatic rings. The van der Waals surface area contributed by atoms with E-state index < -0.39 is 16.1 Å². The lowest BCUT2D eigenvalue weighted by Gasteiger charge is -2.34. The summed E-state index contributed by atoms with van der Waals surface area (Å²) in [6.45, 7) is 4.60. The van der Waals surface area contributed by atoms with E-state index in [1.165, 1.54) is 6.26 Å². The van der Waals surface area contributed by atoms with E-state index in [9.17, 15) is 13.5 Å². The molecule has 1 atom stereocenters. The normalized spacial score (nSPS) is 20.1.